The van der Waals surface area contributed by atoms with Gasteiger partial charge in [-0.3, -0.25) is 4.79 Å². The van der Waals surface area contributed by atoms with Gasteiger partial charge in [0.05, 0.1) is 12.4 Å². The van der Waals surface area contributed by atoms with Gasteiger partial charge in [0.1, 0.15) is 11.5 Å². The van der Waals surface area contributed by atoms with Gasteiger partial charge < -0.3 is 19.5 Å². The van der Waals surface area contributed by atoms with Crippen LogP contribution < -0.4 is 9.47 Å². The molecule has 0 bridgehead atoms. The summed E-state index contributed by atoms with van der Waals surface area (Å²) in [6.45, 7) is 1.97. The molecule has 0 saturated carbocycles. The summed E-state index contributed by atoms with van der Waals surface area (Å²) in [6, 6.07) is 14.7. The maximum absolute atomic E-state index is 12.6. The van der Waals surface area contributed by atoms with Crippen LogP contribution in [-0.4, -0.2) is 47.9 Å². The van der Waals surface area contributed by atoms with E-state index in [4.69, 9.17) is 14.6 Å². The molecule has 0 aliphatic heterocycles. The Morgan fingerprint density at radius 3 is 2.22 bits per heavy atom. The SMILES string of the molecule is COc1ccc(SC(C)C(=O)N(C)Cc2ccc(OCC(=O)O)cc2)cc1. The van der Waals surface area contributed by atoms with E-state index in [0.29, 0.717) is 12.3 Å². The van der Waals surface area contributed by atoms with Crippen molar-refractivity contribution in [3.63, 3.8) is 0 Å². The number of benzene rings is 2. The van der Waals surface area contributed by atoms with Crippen LogP contribution in [0, 0.1) is 0 Å². The third kappa shape index (κ3) is 6.53. The zero-order chi connectivity index (χ0) is 19.8. The molecule has 144 valence electrons. The maximum Gasteiger partial charge on any atom is 0.341 e. The van der Waals surface area contributed by atoms with E-state index < -0.39 is 5.97 Å². The van der Waals surface area contributed by atoms with E-state index in [1.54, 1.807) is 31.2 Å². The first-order valence-corrected chi connectivity index (χ1v) is 9.26. The molecular weight excluding hydrogens is 366 g/mol. The largest absolute Gasteiger partial charge is 0.497 e. The molecule has 1 N–H and O–H groups in total. The molecule has 7 heteroatoms. The number of amides is 1. The van der Waals surface area contributed by atoms with Crippen molar-refractivity contribution in [2.45, 2.75) is 23.6 Å². The average molecular weight is 389 g/mol. The normalized spacial score (nSPS) is 11.5. The second kappa shape index (κ2) is 9.87. The highest BCUT2D eigenvalue weighted by Gasteiger charge is 2.19. The zero-order valence-electron chi connectivity index (χ0n) is 15.5. The first-order chi connectivity index (χ1) is 12.9. The van der Waals surface area contributed by atoms with Gasteiger partial charge in [-0.05, 0) is 48.9 Å². The zero-order valence-corrected chi connectivity index (χ0v) is 16.4. The molecule has 0 radical (unpaired) electrons. The Morgan fingerprint density at radius 2 is 1.67 bits per heavy atom. The number of carboxylic acids is 1. The summed E-state index contributed by atoms with van der Waals surface area (Å²) < 4.78 is 10.2. The first kappa shape index (κ1) is 20.6. The topological polar surface area (TPSA) is 76.1 Å². The van der Waals surface area contributed by atoms with Gasteiger partial charge in [0, 0.05) is 18.5 Å². The smallest absolute Gasteiger partial charge is 0.341 e. The van der Waals surface area contributed by atoms with Gasteiger partial charge in [-0.25, -0.2) is 4.79 Å². The quantitative estimate of drug-likeness (QED) is 0.663. The number of hydrogen-bond acceptors (Lipinski definition) is 5. The van der Waals surface area contributed by atoms with E-state index in [9.17, 15) is 9.59 Å². The Labute approximate surface area is 163 Å². The van der Waals surface area contributed by atoms with Crippen LogP contribution in [0.4, 0.5) is 0 Å². The molecule has 0 aliphatic carbocycles. The number of rotatable bonds is 9. The molecule has 1 amide bonds. The number of aliphatic carboxylic acids is 1. The molecule has 2 aromatic carbocycles. The van der Waals surface area contributed by atoms with Crippen molar-refractivity contribution in [3.8, 4) is 11.5 Å². The van der Waals surface area contributed by atoms with Crippen LogP contribution >= 0.6 is 11.8 Å². The lowest BCUT2D eigenvalue weighted by Crippen LogP contribution is -2.32. The molecule has 0 aromatic heterocycles. The predicted molar refractivity (Wildman–Crippen MR) is 104 cm³/mol. The Bertz CT molecular complexity index is 761. The summed E-state index contributed by atoms with van der Waals surface area (Å²) in [7, 11) is 3.39. The summed E-state index contributed by atoms with van der Waals surface area (Å²) in [5, 5.41) is 8.40. The molecule has 1 unspecified atom stereocenters. The predicted octanol–water partition coefficient (Wildman–Crippen LogP) is 3.30. The fourth-order valence-corrected chi connectivity index (χ4v) is 3.39. The summed E-state index contributed by atoms with van der Waals surface area (Å²) in [5.41, 5.74) is 0.940. The Hall–Kier alpha value is -2.67. The molecule has 27 heavy (non-hydrogen) atoms. The van der Waals surface area contributed by atoms with Gasteiger partial charge in [-0.1, -0.05) is 12.1 Å². The highest BCUT2D eigenvalue weighted by molar-refractivity contribution is 8.00. The summed E-state index contributed by atoms with van der Waals surface area (Å²) in [6.07, 6.45) is 0. The van der Waals surface area contributed by atoms with Crippen molar-refractivity contribution in [2.75, 3.05) is 20.8 Å². The number of carbonyl (C=O) groups is 2. The number of hydrogen-bond donors (Lipinski definition) is 1. The molecule has 0 spiro atoms. The van der Waals surface area contributed by atoms with Crippen LogP contribution in [0.3, 0.4) is 0 Å². The number of nitrogens with zero attached hydrogens (tertiary/aromatic N) is 1. The maximum atomic E-state index is 12.6. The molecule has 2 rings (SSSR count). The van der Waals surface area contributed by atoms with E-state index in [-0.39, 0.29) is 17.8 Å². The van der Waals surface area contributed by atoms with Crippen molar-refractivity contribution < 1.29 is 24.2 Å². The number of methoxy groups -OCH3 is 1. The fraction of sp³-hybridized carbons (Fsp3) is 0.300. The standard InChI is InChI=1S/C20H23NO5S/c1-14(27-18-10-8-16(25-3)9-11-18)20(24)21(2)12-15-4-6-17(7-5-15)26-13-19(22)23/h4-11,14H,12-13H2,1-3H3,(H,22,23). The number of carbonyl (C=O) groups excluding carboxylic acids is 1. The van der Waals surface area contributed by atoms with Crippen molar-refractivity contribution in [2.24, 2.45) is 0 Å². The lowest BCUT2D eigenvalue weighted by atomic mass is 10.2. The van der Waals surface area contributed by atoms with E-state index in [1.165, 1.54) is 11.8 Å². The summed E-state index contributed by atoms with van der Waals surface area (Å²) in [5.74, 6) is 0.277. The van der Waals surface area contributed by atoms with Gasteiger partial charge in [0.2, 0.25) is 5.91 Å². The highest BCUT2D eigenvalue weighted by Crippen LogP contribution is 2.26. The van der Waals surface area contributed by atoms with Crippen LogP contribution in [0.5, 0.6) is 11.5 Å². The van der Waals surface area contributed by atoms with Crippen molar-refractivity contribution in [1.82, 2.24) is 4.90 Å². The van der Waals surface area contributed by atoms with Crippen LogP contribution in [0.2, 0.25) is 0 Å². The van der Waals surface area contributed by atoms with Crippen LogP contribution in [0.15, 0.2) is 53.4 Å². The third-order valence-corrected chi connectivity index (χ3v) is 4.90. The minimum absolute atomic E-state index is 0.0296. The molecule has 1 atom stereocenters. The second-order valence-electron chi connectivity index (χ2n) is 5.96. The highest BCUT2D eigenvalue weighted by atomic mass is 32.2. The molecular formula is C20H23NO5S. The second-order valence-corrected chi connectivity index (χ2v) is 7.37. The molecule has 0 heterocycles. The minimum atomic E-state index is -1.02. The Balaban J connectivity index is 1.88. The number of thioether (sulfide) groups is 1. The number of ether oxygens (including phenoxy) is 2. The lowest BCUT2D eigenvalue weighted by molar-refractivity contribution is -0.139. The number of carboxylic acid groups (broad SMARTS) is 1. The first-order valence-electron chi connectivity index (χ1n) is 8.38. The lowest BCUT2D eigenvalue weighted by Gasteiger charge is -2.21. The van der Waals surface area contributed by atoms with Gasteiger partial charge in [-0.15, -0.1) is 11.8 Å². The van der Waals surface area contributed by atoms with E-state index in [2.05, 4.69) is 0 Å². The van der Waals surface area contributed by atoms with E-state index in [0.717, 1.165) is 16.2 Å². The van der Waals surface area contributed by atoms with E-state index >= 15 is 0 Å². The molecule has 0 saturated heterocycles. The summed E-state index contributed by atoms with van der Waals surface area (Å²) >= 11 is 1.50. The molecule has 0 aliphatic rings. The van der Waals surface area contributed by atoms with E-state index in [1.807, 2.05) is 43.3 Å². The third-order valence-electron chi connectivity index (χ3n) is 3.80. The Kier molecular flexibility index (Phi) is 7.55. The summed E-state index contributed by atoms with van der Waals surface area (Å²) in [4.78, 5) is 25.8. The van der Waals surface area contributed by atoms with Gasteiger partial charge in [0.15, 0.2) is 6.61 Å². The van der Waals surface area contributed by atoms with Gasteiger partial charge >= 0.3 is 5.97 Å². The van der Waals surface area contributed by atoms with Crippen LogP contribution in [0.25, 0.3) is 0 Å². The Morgan fingerprint density at radius 1 is 1.07 bits per heavy atom. The van der Waals surface area contributed by atoms with Crippen LogP contribution in [-0.2, 0) is 16.1 Å². The monoisotopic (exact) mass is 389 g/mol. The van der Waals surface area contributed by atoms with Gasteiger partial charge in [-0.2, -0.15) is 0 Å². The molecule has 2 aromatic rings. The molecule has 0 fully saturated rings. The van der Waals surface area contributed by atoms with Gasteiger partial charge in [0.25, 0.3) is 0 Å². The average Bonchev–Trinajstić information content (AvgIpc) is 2.67. The van der Waals surface area contributed by atoms with Crippen LogP contribution in [0.1, 0.15) is 12.5 Å². The van der Waals surface area contributed by atoms with Crippen molar-refractivity contribution in [1.29, 1.82) is 0 Å². The van der Waals surface area contributed by atoms with Crippen molar-refractivity contribution in [3.05, 3.63) is 54.1 Å². The fourth-order valence-electron chi connectivity index (χ4n) is 2.41. The minimum Gasteiger partial charge on any atom is -0.497 e. The molecule has 6 nitrogen and oxygen atoms in total. The van der Waals surface area contributed by atoms with Crippen molar-refractivity contribution >= 4 is 23.6 Å².